The van der Waals surface area contributed by atoms with Gasteiger partial charge in [0.1, 0.15) is 23.2 Å². The molecule has 0 heterocycles. The molecule has 0 bridgehead atoms. The smallest absolute Gasteiger partial charge is 0.387 e. The van der Waals surface area contributed by atoms with Crippen molar-refractivity contribution in [2.75, 3.05) is 0 Å². The quantitative estimate of drug-likeness (QED) is 0.799. The molecular weight excluding hydrogens is 199 g/mol. The number of hydrogen-bond acceptors (Lipinski definition) is 3. The fourth-order valence-corrected chi connectivity index (χ4v) is 0.865. The van der Waals surface area contributed by atoms with Crippen LogP contribution in [0.15, 0.2) is 12.1 Å². The van der Waals surface area contributed by atoms with Crippen LogP contribution in [-0.4, -0.2) is 11.7 Å². The van der Waals surface area contributed by atoms with Gasteiger partial charge in [-0.2, -0.15) is 14.0 Å². The molecule has 0 atom stereocenters. The van der Waals surface area contributed by atoms with Crippen LogP contribution in [0.1, 0.15) is 5.56 Å². The minimum atomic E-state index is -3.18. The van der Waals surface area contributed by atoms with Crippen LogP contribution in [0.25, 0.3) is 0 Å². The third-order valence-electron chi connectivity index (χ3n) is 1.37. The van der Waals surface area contributed by atoms with E-state index in [1.807, 2.05) is 0 Å². The van der Waals surface area contributed by atoms with Crippen molar-refractivity contribution in [2.24, 2.45) is 0 Å². The summed E-state index contributed by atoms with van der Waals surface area (Å²) in [6, 6.07) is 2.73. The molecule has 0 aliphatic carbocycles. The minimum Gasteiger partial charge on any atom is -0.508 e. The van der Waals surface area contributed by atoms with Crippen molar-refractivity contribution in [3.8, 4) is 17.6 Å². The van der Waals surface area contributed by atoms with Crippen LogP contribution in [0.2, 0.25) is 0 Å². The number of ether oxygens (including phenoxy) is 1. The van der Waals surface area contributed by atoms with Crippen LogP contribution in [0, 0.1) is 17.1 Å². The highest BCUT2D eigenvalue weighted by molar-refractivity contribution is 5.48. The summed E-state index contributed by atoms with van der Waals surface area (Å²) in [6.07, 6.45) is 0. The Morgan fingerprint density at radius 3 is 2.57 bits per heavy atom. The van der Waals surface area contributed by atoms with Crippen molar-refractivity contribution >= 4 is 0 Å². The first-order valence-corrected chi connectivity index (χ1v) is 3.42. The first-order chi connectivity index (χ1) is 6.54. The van der Waals surface area contributed by atoms with Gasteiger partial charge in [0.25, 0.3) is 0 Å². The molecular formula is C8H4F3NO2. The van der Waals surface area contributed by atoms with Gasteiger partial charge in [-0.25, -0.2) is 4.39 Å². The predicted molar refractivity (Wildman–Crippen MR) is 39.4 cm³/mol. The molecule has 1 aromatic rings. The lowest BCUT2D eigenvalue weighted by Gasteiger charge is -2.06. The van der Waals surface area contributed by atoms with Crippen molar-refractivity contribution < 1.29 is 23.0 Å². The lowest BCUT2D eigenvalue weighted by Crippen LogP contribution is -2.04. The SMILES string of the molecule is N#Cc1c(F)cc(O)cc1OC(F)F. The summed E-state index contributed by atoms with van der Waals surface area (Å²) < 4.78 is 40.2. The van der Waals surface area contributed by atoms with E-state index in [4.69, 9.17) is 10.4 Å². The number of aromatic hydroxyl groups is 1. The van der Waals surface area contributed by atoms with Gasteiger partial charge in [0, 0.05) is 12.1 Å². The molecule has 1 N–H and O–H groups in total. The highest BCUT2D eigenvalue weighted by Gasteiger charge is 2.15. The Balaban J connectivity index is 3.20. The highest BCUT2D eigenvalue weighted by atomic mass is 19.3. The lowest BCUT2D eigenvalue weighted by atomic mass is 10.2. The minimum absolute atomic E-state index is 0.586. The fourth-order valence-electron chi connectivity index (χ4n) is 0.865. The molecule has 1 rings (SSSR count). The molecule has 6 heteroatoms. The van der Waals surface area contributed by atoms with E-state index in [9.17, 15) is 13.2 Å². The Hall–Kier alpha value is -1.90. The summed E-state index contributed by atoms with van der Waals surface area (Å²) in [5.74, 6) is -2.37. The lowest BCUT2D eigenvalue weighted by molar-refractivity contribution is -0.0502. The van der Waals surface area contributed by atoms with Gasteiger partial charge in [-0.3, -0.25) is 0 Å². The van der Waals surface area contributed by atoms with Crippen molar-refractivity contribution in [2.45, 2.75) is 6.61 Å². The monoisotopic (exact) mass is 203 g/mol. The standard InChI is InChI=1S/C8H4F3NO2/c9-6-1-4(13)2-7(5(6)3-12)14-8(10)11/h1-2,8,13H. The molecule has 0 aromatic heterocycles. The molecule has 1 aromatic carbocycles. The number of nitriles is 1. The molecule has 0 spiro atoms. The average Bonchev–Trinajstić information content (AvgIpc) is 2.01. The molecule has 0 aliphatic heterocycles. The number of phenols is 1. The third kappa shape index (κ3) is 2.07. The summed E-state index contributed by atoms with van der Waals surface area (Å²) in [5.41, 5.74) is -0.664. The van der Waals surface area contributed by atoms with E-state index in [1.165, 1.54) is 6.07 Å². The maximum Gasteiger partial charge on any atom is 0.387 e. The van der Waals surface area contributed by atoms with Crippen LogP contribution in [0.3, 0.4) is 0 Å². The molecule has 0 aliphatic rings. The van der Waals surface area contributed by atoms with Crippen LogP contribution >= 0.6 is 0 Å². The second-order valence-corrected chi connectivity index (χ2v) is 2.29. The second kappa shape index (κ2) is 3.87. The van der Waals surface area contributed by atoms with Gasteiger partial charge >= 0.3 is 6.61 Å². The Labute approximate surface area is 77.0 Å². The van der Waals surface area contributed by atoms with E-state index < -0.39 is 29.5 Å². The average molecular weight is 203 g/mol. The van der Waals surface area contributed by atoms with E-state index in [0.717, 1.165) is 6.07 Å². The number of halogens is 3. The molecule has 14 heavy (non-hydrogen) atoms. The molecule has 74 valence electrons. The van der Waals surface area contributed by atoms with Crippen molar-refractivity contribution in [1.29, 1.82) is 5.26 Å². The number of nitrogens with zero attached hydrogens (tertiary/aromatic N) is 1. The maximum atomic E-state index is 12.9. The first-order valence-electron chi connectivity index (χ1n) is 3.42. The number of hydrogen-bond donors (Lipinski definition) is 1. The van der Waals surface area contributed by atoms with E-state index in [0.29, 0.717) is 6.07 Å². The Bertz CT molecular complexity index is 387. The summed E-state index contributed by atoms with van der Waals surface area (Å²) in [5, 5.41) is 17.3. The zero-order valence-electron chi connectivity index (χ0n) is 6.67. The summed E-state index contributed by atoms with van der Waals surface area (Å²) in [6.45, 7) is -3.18. The number of alkyl halides is 2. The van der Waals surface area contributed by atoms with Gasteiger partial charge < -0.3 is 9.84 Å². The second-order valence-electron chi connectivity index (χ2n) is 2.29. The number of rotatable bonds is 2. The van der Waals surface area contributed by atoms with Gasteiger partial charge in [-0.1, -0.05) is 0 Å². The summed E-state index contributed by atoms with van der Waals surface area (Å²) in [7, 11) is 0. The maximum absolute atomic E-state index is 12.9. The molecule has 0 radical (unpaired) electrons. The van der Waals surface area contributed by atoms with Gasteiger partial charge in [0.2, 0.25) is 0 Å². The van der Waals surface area contributed by atoms with E-state index in [2.05, 4.69) is 4.74 Å². The predicted octanol–water partition coefficient (Wildman–Crippen LogP) is 2.00. The van der Waals surface area contributed by atoms with E-state index >= 15 is 0 Å². The fraction of sp³-hybridized carbons (Fsp3) is 0.125. The molecule has 0 fully saturated rings. The molecule has 0 saturated heterocycles. The third-order valence-corrected chi connectivity index (χ3v) is 1.37. The number of benzene rings is 1. The largest absolute Gasteiger partial charge is 0.508 e. The molecule has 0 unspecified atom stereocenters. The van der Waals surface area contributed by atoms with Crippen LogP contribution in [0.4, 0.5) is 13.2 Å². The van der Waals surface area contributed by atoms with Gasteiger partial charge in [-0.05, 0) is 0 Å². The van der Waals surface area contributed by atoms with Crippen molar-refractivity contribution in [3.05, 3.63) is 23.5 Å². The Kier molecular flexibility index (Phi) is 2.82. The molecule has 0 saturated carbocycles. The van der Waals surface area contributed by atoms with E-state index in [-0.39, 0.29) is 0 Å². The van der Waals surface area contributed by atoms with Crippen molar-refractivity contribution in [1.82, 2.24) is 0 Å². The van der Waals surface area contributed by atoms with Crippen molar-refractivity contribution in [3.63, 3.8) is 0 Å². The zero-order chi connectivity index (χ0) is 10.7. The van der Waals surface area contributed by atoms with Gasteiger partial charge in [0.05, 0.1) is 0 Å². The first kappa shape index (κ1) is 10.2. The normalized spacial score (nSPS) is 9.93. The zero-order valence-corrected chi connectivity index (χ0v) is 6.67. The molecule has 0 amide bonds. The summed E-state index contributed by atoms with van der Waals surface area (Å²) in [4.78, 5) is 0. The molecule has 3 nitrogen and oxygen atoms in total. The van der Waals surface area contributed by atoms with Crippen LogP contribution in [-0.2, 0) is 0 Å². The van der Waals surface area contributed by atoms with Gasteiger partial charge in [-0.15, -0.1) is 0 Å². The van der Waals surface area contributed by atoms with Gasteiger partial charge in [0.15, 0.2) is 5.75 Å². The topological polar surface area (TPSA) is 53.2 Å². The van der Waals surface area contributed by atoms with E-state index in [1.54, 1.807) is 0 Å². The van der Waals surface area contributed by atoms with Crippen LogP contribution < -0.4 is 4.74 Å². The number of phenolic OH excluding ortho intramolecular Hbond substituents is 1. The Morgan fingerprint density at radius 1 is 1.43 bits per heavy atom. The highest BCUT2D eigenvalue weighted by Crippen LogP contribution is 2.27. The summed E-state index contributed by atoms with van der Waals surface area (Å²) >= 11 is 0. The Morgan fingerprint density at radius 2 is 2.07 bits per heavy atom. The van der Waals surface area contributed by atoms with Crippen LogP contribution in [0.5, 0.6) is 11.5 Å².